The average molecular weight is 328 g/mol. The number of nitrogens with zero attached hydrogens (tertiary/aromatic N) is 1. The molecule has 2 amide bonds. The van der Waals surface area contributed by atoms with Crippen LogP contribution in [-0.2, 0) is 11.3 Å². The minimum absolute atomic E-state index is 0.107. The molecule has 0 heterocycles. The van der Waals surface area contributed by atoms with Crippen LogP contribution in [0, 0.1) is 11.3 Å². The first kappa shape index (κ1) is 16.5. The summed E-state index contributed by atoms with van der Waals surface area (Å²) >= 11 is 5.93. The molecule has 116 valence electrons. The van der Waals surface area contributed by atoms with Gasteiger partial charge in [-0.2, -0.15) is 5.26 Å². The number of hydrogen-bond acceptors (Lipinski definition) is 3. The van der Waals surface area contributed by atoms with E-state index in [0.717, 1.165) is 5.56 Å². The number of halogens is 1. The van der Waals surface area contributed by atoms with Gasteiger partial charge in [0, 0.05) is 24.7 Å². The summed E-state index contributed by atoms with van der Waals surface area (Å²) in [6, 6.07) is 13.6. The summed E-state index contributed by atoms with van der Waals surface area (Å²) in [7, 11) is 0. The summed E-state index contributed by atoms with van der Waals surface area (Å²) < 4.78 is 0. The number of carbonyl (C=O) groups is 2. The fourth-order valence-corrected chi connectivity index (χ4v) is 2.11. The van der Waals surface area contributed by atoms with Gasteiger partial charge >= 0.3 is 0 Å². The van der Waals surface area contributed by atoms with Gasteiger partial charge in [0.25, 0.3) is 5.91 Å². The number of nitriles is 1. The second-order valence-corrected chi connectivity index (χ2v) is 5.27. The smallest absolute Gasteiger partial charge is 0.255 e. The molecule has 0 aliphatic carbocycles. The highest BCUT2D eigenvalue weighted by molar-refractivity contribution is 6.32. The fraction of sp³-hybridized carbons (Fsp3) is 0.118. The Balaban J connectivity index is 2.04. The minimum Gasteiger partial charge on any atom is -0.352 e. The molecule has 23 heavy (non-hydrogen) atoms. The van der Waals surface area contributed by atoms with Gasteiger partial charge in [0.2, 0.25) is 5.91 Å². The van der Waals surface area contributed by atoms with Crippen LogP contribution in [-0.4, -0.2) is 11.8 Å². The predicted molar refractivity (Wildman–Crippen MR) is 88.1 cm³/mol. The van der Waals surface area contributed by atoms with E-state index in [4.69, 9.17) is 16.9 Å². The topological polar surface area (TPSA) is 82.0 Å². The van der Waals surface area contributed by atoms with E-state index < -0.39 is 0 Å². The van der Waals surface area contributed by atoms with E-state index in [0.29, 0.717) is 23.4 Å². The van der Waals surface area contributed by atoms with E-state index in [1.165, 1.54) is 13.0 Å². The van der Waals surface area contributed by atoms with Gasteiger partial charge in [-0.05, 0) is 35.9 Å². The molecular weight excluding hydrogens is 314 g/mol. The maximum Gasteiger partial charge on any atom is 0.255 e. The van der Waals surface area contributed by atoms with Crippen molar-refractivity contribution < 1.29 is 9.59 Å². The Morgan fingerprint density at radius 2 is 1.87 bits per heavy atom. The molecule has 0 saturated heterocycles. The molecule has 0 bridgehead atoms. The second-order valence-electron chi connectivity index (χ2n) is 4.87. The number of nitrogens with one attached hydrogen (secondary N) is 2. The minimum atomic E-state index is -0.281. The summed E-state index contributed by atoms with van der Waals surface area (Å²) in [6.07, 6.45) is 0. The quantitative estimate of drug-likeness (QED) is 0.905. The zero-order chi connectivity index (χ0) is 16.8. The molecule has 2 aromatic rings. The predicted octanol–water partition coefficient (Wildman–Crippen LogP) is 3.10. The third kappa shape index (κ3) is 4.56. The molecule has 0 aromatic heterocycles. The van der Waals surface area contributed by atoms with Crippen molar-refractivity contribution in [2.75, 3.05) is 5.32 Å². The van der Waals surface area contributed by atoms with Gasteiger partial charge in [-0.15, -0.1) is 0 Å². The Hall–Kier alpha value is -2.84. The average Bonchev–Trinajstić information content (AvgIpc) is 2.53. The van der Waals surface area contributed by atoms with E-state index in [1.54, 1.807) is 36.4 Å². The normalized spacial score (nSPS) is 9.78. The van der Waals surface area contributed by atoms with E-state index >= 15 is 0 Å². The number of rotatable bonds is 4. The van der Waals surface area contributed by atoms with Crippen molar-refractivity contribution in [2.45, 2.75) is 13.5 Å². The second kappa shape index (κ2) is 7.43. The van der Waals surface area contributed by atoms with Crippen LogP contribution in [0.25, 0.3) is 0 Å². The van der Waals surface area contributed by atoms with E-state index in [9.17, 15) is 9.59 Å². The molecule has 0 saturated carbocycles. The molecule has 0 aliphatic heterocycles. The summed E-state index contributed by atoms with van der Waals surface area (Å²) in [6.45, 7) is 1.87. The summed E-state index contributed by atoms with van der Waals surface area (Å²) in [5.74, 6) is -0.388. The first-order valence-corrected chi connectivity index (χ1v) is 7.22. The van der Waals surface area contributed by atoms with Crippen LogP contribution in [0.15, 0.2) is 42.5 Å². The lowest BCUT2D eigenvalue weighted by atomic mass is 10.1. The third-order valence-corrected chi connectivity index (χ3v) is 3.42. The lowest BCUT2D eigenvalue weighted by Crippen LogP contribution is -2.19. The summed E-state index contributed by atoms with van der Waals surface area (Å²) in [5, 5.41) is 14.5. The van der Waals surface area contributed by atoms with Crippen molar-refractivity contribution >= 4 is 29.1 Å². The molecule has 0 unspecified atom stereocenters. The van der Waals surface area contributed by atoms with Crippen molar-refractivity contribution in [1.29, 1.82) is 5.26 Å². The maximum absolute atomic E-state index is 12.2. The lowest BCUT2D eigenvalue weighted by Gasteiger charge is -2.07. The van der Waals surface area contributed by atoms with E-state index in [1.807, 2.05) is 6.07 Å². The van der Waals surface area contributed by atoms with Gasteiger partial charge < -0.3 is 10.6 Å². The third-order valence-electron chi connectivity index (χ3n) is 3.10. The largest absolute Gasteiger partial charge is 0.352 e. The van der Waals surface area contributed by atoms with Gasteiger partial charge in [0.1, 0.15) is 6.07 Å². The molecule has 0 aliphatic rings. The molecule has 0 fully saturated rings. The lowest BCUT2D eigenvalue weighted by molar-refractivity contribution is -0.119. The monoisotopic (exact) mass is 327 g/mol. The van der Waals surface area contributed by atoms with Gasteiger partial charge in [-0.25, -0.2) is 0 Å². The molecule has 0 radical (unpaired) electrons. The molecule has 0 spiro atoms. The molecule has 6 heteroatoms. The molecule has 0 atom stereocenters. The highest BCUT2D eigenvalue weighted by Crippen LogP contribution is 2.20. The van der Waals surface area contributed by atoms with Crippen LogP contribution in [0.3, 0.4) is 0 Å². The van der Waals surface area contributed by atoms with E-state index in [-0.39, 0.29) is 16.8 Å². The number of amides is 2. The van der Waals surface area contributed by atoms with Gasteiger partial charge in [0.15, 0.2) is 0 Å². The Labute approximate surface area is 138 Å². The van der Waals surface area contributed by atoms with Crippen molar-refractivity contribution in [3.8, 4) is 6.07 Å². The molecule has 2 rings (SSSR count). The van der Waals surface area contributed by atoms with Crippen LogP contribution < -0.4 is 10.6 Å². The zero-order valence-electron chi connectivity index (χ0n) is 12.4. The summed E-state index contributed by atoms with van der Waals surface area (Å²) in [4.78, 5) is 23.0. The Morgan fingerprint density at radius 3 is 2.43 bits per heavy atom. The van der Waals surface area contributed by atoms with Crippen LogP contribution in [0.4, 0.5) is 5.69 Å². The first-order chi connectivity index (χ1) is 11.0. The Morgan fingerprint density at radius 1 is 1.17 bits per heavy atom. The van der Waals surface area contributed by atoms with Crippen molar-refractivity contribution in [2.24, 2.45) is 0 Å². The molecular formula is C17H14ClN3O2. The maximum atomic E-state index is 12.2. The molecule has 5 nitrogen and oxygen atoms in total. The number of benzene rings is 2. The molecule has 2 N–H and O–H groups in total. The van der Waals surface area contributed by atoms with Crippen LogP contribution in [0.5, 0.6) is 0 Å². The Bertz CT molecular complexity index is 779. The SMILES string of the molecule is CC(=O)NCc1ccc(C(=O)Nc2ccc(C#N)c(Cl)c2)cc1. The number of carbonyl (C=O) groups excluding carboxylic acids is 2. The first-order valence-electron chi connectivity index (χ1n) is 6.84. The van der Waals surface area contributed by atoms with Crippen LogP contribution in [0.2, 0.25) is 5.02 Å². The summed E-state index contributed by atoms with van der Waals surface area (Å²) in [5.41, 5.74) is 2.25. The van der Waals surface area contributed by atoms with Gasteiger partial charge in [0.05, 0.1) is 10.6 Å². The molecule has 2 aromatic carbocycles. The van der Waals surface area contributed by atoms with Crippen LogP contribution >= 0.6 is 11.6 Å². The standard InChI is InChI=1S/C17H14ClN3O2/c1-11(22)20-10-12-2-4-13(5-3-12)17(23)21-15-7-6-14(9-19)16(18)8-15/h2-8H,10H2,1H3,(H,20,22)(H,21,23). The van der Waals surface area contributed by atoms with Crippen LogP contribution in [0.1, 0.15) is 28.4 Å². The highest BCUT2D eigenvalue weighted by atomic mass is 35.5. The van der Waals surface area contributed by atoms with Gasteiger partial charge in [-0.1, -0.05) is 23.7 Å². The zero-order valence-corrected chi connectivity index (χ0v) is 13.1. The van der Waals surface area contributed by atoms with Crippen molar-refractivity contribution in [1.82, 2.24) is 5.32 Å². The fourth-order valence-electron chi connectivity index (χ4n) is 1.89. The van der Waals surface area contributed by atoms with Crippen molar-refractivity contribution in [3.63, 3.8) is 0 Å². The Kier molecular flexibility index (Phi) is 5.34. The highest BCUT2D eigenvalue weighted by Gasteiger charge is 2.08. The number of hydrogen-bond donors (Lipinski definition) is 2. The van der Waals surface area contributed by atoms with Crippen molar-refractivity contribution in [3.05, 3.63) is 64.2 Å². The van der Waals surface area contributed by atoms with Gasteiger partial charge in [-0.3, -0.25) is 9.59 Å². The number of anilines is 1. The van der Waals surface area contributed by atoms with E-state index in [2.05, 4.69) is 10.6 Å².